The molecule has 0 aromatic heterocycles. The van der Waals surface area contributed by atoms with Gasteiger partial charge in [-0.15, -0.1) is 24.8 Å². The summed E-state index contributed by atoms with van der Waals surface area (Å²) in [6, 6.07) is 7.45. The third kappa shape index (κ3) is 6.99. The van der Waals surface area contributed by atoms with Crippen molar-refractivity contribution in [1.29, 1.82) is 0 Å². The van der Waals surface area contributed by atoms with Gasteiger partial charge in [-0.2, -0.15) is 0 Å². The molecule has 2 N–H and O–H groups in total. The fourth-order valence-corrected chi connectivity index (χ4v) is 2.58. The smallest absolute Gasteiger partial charge is 0.256 e. The number of rotatable bonds is 7. The molecule has 6 nitrogen and oxygen atoms in total. The van der Waals surface area contributed by atoms with Crippen molar-refractivity contribution in [3.8, 4) is 5.75 Å². The van der Waals surface area contributed by atoms with Crippen LogP contribution in [-0.2, 0) is 9.53 Å². The van der Waals surface area contributed by atoms with Crippen LogP contribution in [0, 0.1) is 0 Å². The summed E-state index contributed by atoms with van der Waals surface area (Å²) in [5.41, 5.74) is 0.0245. The molecule has 1 saturated heterocycles. The molecule has 25 heavy (non-hydrogen) atoms. The zero-order valence-electron chi connectivity index (χ0n) is 15.0. The Morgan fingerprint density at radius 2 is 1.80 bits per heavy atom. The number of benzene rings is 1. The third-order valence-electron chi connectivity index (χ3n) is 4.14. The zero-order valence-corrected chi connectivity index (χ0v) is 16.7. The number of carbonyl (C=O) groups is 1. The fourth-order valence-electron chi connectivity index (χ4n) is 2.58. The molecule has 1 fully saturated rings. The molecular formula is C17H29Cl2N3O3. The molecular weight excluding hydrogens is 365 g/mol. The molecule has 0 atom stereocenters. The monoisotopic (exact) mass is 393 g/mol. The second-order valence-electron chi connectivity index (χ2n) is 6.08. The van der Waals surface area contributed by atoms with E-state index in [9.17, 15) is 4.79 Å². The number of nitrogens with one attached hydrogen (secondary N) is 2. The van der Waals surface area contributed by atoms with E-state index in [1.807, 2.05) is 38.4 Å². The van der Waals surface area contributed by atoms with Crippen LogP contribution in [0.15, 0.2) is 24.3 Å². The van der Waals surface area contributed by atoms with Gasteiger partial charge in [0.15, 0.2) is 0 Å². The van der Waals surface area contributed by atoms with Gasteiger partial charge in [-0.1, -0.05) is 0 Å². The SMILES string of the molecule is COC1(C(=O)Nc2ccc(OCCN(C)C)cc2)CCNCC1.Cl.Cl. The second-order valence-corrected chi connectivity index (χ2v) is 6.08. The van der Waals surface area contributed by atoms with Crippen molar-refractivity contribution in [1.82, 2.24) is 10.2 Å². The highest BCUT2D eigenvalue weighted by Gasteiger charge is 2.39. The van der Waals surface area contributed by atoms with E-state index in [-0.39, 0.29) is 30.7 Å². The highest BCUT2D eigenvalue weighted by atomic mass is 35.5. The molecule has 0 spiro atoms. The molecule has 1 aromatic carbocycles. The third-order valence-corrected chi connectivity index (χ3v) is 4.14. The van der Waals surface area contributed by atoms with Gasteiger partial charge in [0.1, 0.15) is 18.0 Å². The summed E-state index contributed by atoms with van der Waals surface area (Å²) in [6.45, 7) is 3.08. The number of hydrogen-bond donors (Lipinski definition) is 2. The minimum absolute atomic E-state index is 0. The second kappa shape index (κ2) is 11.5. The lowest BCUT2D eigenvalue weighted by Gasteiger charge is -2.34. The van der Waals surface area contributed by atoms with Gasteiger partial charge in [0.2, 0.25) is 0 Å². The molecule has 0 bridgehead atoms. The average Bonchev–Trinajstić information content (AvgIpc) is 2.56. The van der Waals surface area contributed by atoms with Gasteiger partial charge in [0.25, 0.3) is 5.91 Å². The minimum atomic E-state index is -0.730. The molecule has 144 valence electrons. The zero-order chi connectivity index (χ0) is 16.7. The van der Waals surface area contributed by atoms with E-state index in [1.165, 1.54) is 0 Å². The van der Waals surface area contributed by atoms with Gasteiger partial charge in [-0.25, -0.2) is 0 Å². The van der Waals surface area contributed by atoms with Gasteiger partial charge >= 0.3 is 0 Å². The largest absolute Gasteiger partial charge is 0.492 e. The van der Waals surface area contributed by atoms with Crippen LogP contribution >= 0.6 is 24.8 Å². The molecule has 0 radical (unpaired) electrons. The van der Waals surface area contributed by atoms with Gasteiger partial charge in [-0.3, -0.25) is 4.79 Å². The lowest BCUT2D eigenvalue weighted by molar-refractivity contribution is -0.140. The average molecular weight is 394 g/mol. The number of halogens is 2. The first-order chi connectivity index (χ1) is 11.1. The molecule has 0 aliphatic carbocycles. The van der Waals surface area contributed by atoms with Crippen molar-refractivity contribution in [3.05, 3.63) is 24.3 Å². The lowest BCUT2D eigenvalue weighted by Crippen LogP contribution is -2.51. The number of methoxy groups -OCH3 is 1. The Hall–Kier alpha value is -1.05. The molecule has 1 aliphatic heterocycles. The number of nitrogens with zero attached hydrogens (tertiary/aromatic N) is 1. The number of hydrogen-bond acceptors (Lipinski definition) is 5. The Labute approximate surface area is 162 Å². The normalized spacial score (nSPS) is 15.7. The Morgan fingerprint density at radius 3 is 2.32 bits per heavy atom. The number of amides is 1. The topological polar surface area (TPSA) is 62.8 Å². The molecule has 1 aromatic rings. The van der Waals surface area contributed by atoms with Crippen LogP contribution in [0.5, 0.6) is 5.75 Å². The number of anilines is 1. The Morgan fingerprint density at radius 1 is 1.20 bits per heavy atom. The molecule has 1 aliphatic rings. The van der Waals surface area contributed by atoms with Crippen LogP contribution in [0.2, 0.25) is 0 Å². The maximum Gasteiger partial charge on any atom is 0.256 e. The number of likely N-dealkylation sites (N-methyl/N-ethyl adjacent to an activating group) is 1. The number of carbonyl (C=O) groups excluding carboxylic acids is 1. The summed E-state index contributed by atoms with van der Waals surface area (Å²) in [5.74, 6) is 0.718. The summed E-state index contributed by atoms with van der Waals surface area (Å²) < 4.78 is 11.2. The van der Waals surface area contributed by atoms with Gasteiger partial charge in [0.05, 0.1) is 0 Å². The summed E-state index contributed by atoms with van der Waals surface area (Å²) in [5, 5.41) is 6.20. The van der Waals surface area contributed by atoms with E-state index in [1.54, 1.807) is 7.11 Å². The Bertz CT molecular complexity index is 506. The van der Waals surface area contributed by atoms with E-state index in [2.05, 4.69) is 15.5 Å². The van der Waals surface area contributed by atoms with Crippen LogP contribution < -0.4 is 15.4 Å². The first kappa shape index (κ1) is 23.9. The maximum atomic E-state index is 12.6. The predicted octanol–water partition coefficient (Wildman–Crippen LogP) is 2.18. The maximum absolute atomic E-state index is 12.6. The first-order valence-electron chi connectivity index (χ1n) is 8.01. The quantitative estimate of drug-likeness (QED) is 0.743. The molecule has 8 heteroatoms. The fraction of sp³-hybridized carbons (Fsp3) is 0.588. The van der Waals surface area contributed by atoms with Crippen LogP contribution in [0.25, 0.3) is 0 Å². The van der Waals surface area contributed by atoms with E-state index in [0.717, 1.165) is 31.1 Å². The van der Waals surface area contributed by atoms with Crippen molar-refractivity contribution in [3.63, 3.8) is 0 Å². The van der Waals surface area contributed by atoms with Crippen LogP contribution in [-0.4, -0.2) is 63.9 Å². The van der Waals surface area contributed by atoms with Crippen molar-refractivity contribution in [2.24, 2.45) is 0 Å². The lowest BCUT2D eigenvalue weighted by atomic mass is 9.91. The van der Waals surface area contributed by atoms with Gasteiger partial charge in [-0.05, 0) is 64.3 Å². The summed E-state index contributed by atoms with van der Waals surface area (Å²) >= 11 is 0. The van der Waals surface area contributed by atoms with Crippen LogP contribution in [0.3, 0.4) is 0 Å². The van der Waals surface area contributed by atoms with Gasteiger partial charge in [0, 0.05) is 19.3 Å². The molecule has 0 unspecified atom stereocenters. The van der Waals surface area contributed by atoms with Crippen molar-refractivity contribution >= 4 is 36.4 Å². The van der Waals surface area contributed by atoms with Crippen LogP contribution in [0.1, 0.15) is 12.8 Å². The minimum Gasteiger partial charge on any atom is -0.492 e. The van der Waals surface area contributed by atoms with Crippen molar-refractivity contribution in [2.75, 3.05) is 52.8 Å². The van der Waals surface area contributed by atoms with Crippen molar-refractivity contribution < 1.29 is 14.3 Å². The van der Waals surface area contributed by atoms with Crippen molar-refractivity contribution in [2.45, 2.75) is 18.4 Å². The first-order valence-corrected chi connectivity index (χ1v) is 8.01. The summed E-state index contributed by atoms with van der Waals surface area (Å²) in [4.78, 5) is 14.6. The van der Waals surface area contributed by atoms with E-state index >= 15 is 0 Å². The predicted molar refractivity (Wildman–Crippen MR) is 105 cm³/mol. The summed E-state index contributed by atoms with van der Waals surface area (Å²) in [6.07, 6.45) is 1.36. The van der Waals surface area contributed by atoms with E-state index in [0.29, 0.717) is 19.4 Å². The van der Waals surface area contributed by atoms with E-state index < -0.39 is 5.60 Å². The highest BCUT2D eigenvalue weighted by Crippen LogP contribution is 2.25. The number of piperidine rings is 1. The molecule has 1 heterocycles. The highest BCUT2D eigenvalue weighted by molar-refractivity contribution is 5.97. The standard InChI is InChI=1S/C17H27N3O3.2ClH/c1-20(2)12-13-23-15-6-4-14(5-7-15)19-16(21)17(22-3)8-10-18-11-9-17;;/h4-7,18H,8-13H2,1-3H3,(H,19,21);2*1H. The van der Waals surface area contributed by atoms with E-state index in [4.69, 9.17) is 9.47 Å². The Balaban J connectivity index is 0.00000288. The Kier molecular flexibility index (Phi) is 11.1. The molecule has 1 amide bonds. The molecule has 0 saturated carbocycles. The summed E-state index contributed by atoms with van der Waals surface area (Å²) in [7, 11) is 5.62. The number of ether oxygens (including phenoxy) is 2. The molecule has 2 rings (SSSR count). The van der Waals surface area contributed by atoms with Gasteiger partial charge < -0.3 is 25.0 Å². The van der Waals surface area contributed by atoms with Crippen LogP contribution in [0.4, 0.5) is 5.69 Å².